The van der Waals surface area contributed by atoms with E-state index in [2.05, 4.69) is 29.4 Å². The second-order valence-electron chi connectivity index (χ2n) is 9.67. The summed E-state index contributed by atoms with van der Waals surface area (Å²) in [7, 11) is -3.13. The number of rotatable bonds is 4. The number of carbonyl (C=O) groups is 1. The third-order valence-electron chi connectivity index (χ3n) is 6.98. The van der Waals surface area contributed by atoms with Crippen molar-refractivity contribution in [2.45, 2.75) is 44.7 Å². The SMILES string of the molecule is Cc1sc2c(c1C)C(c1ccc(Cl)cc1)=N[C@@H](CC(=O)Nc1ccc3c(c1)CS(=O)(=O)C3)c1nnc(C)n1-2. The summed E-state index contributed by atoms with van der Waals surface area (Å²) in [5.41, 5.74) is 5.87. The van der Waals surface area contributed by atoms with Gasteiger partial charge in [0.15, 0.2) is 15.7 Å². The molecule has 8 nitrogen and oxygen atoms in total. The fraction of sp³-hybridized carbons (Fsp3) is 0.259. The number of sulfone groups is 1. The maximum absolute atomic E-state index is 13.3. The van der Waals surface area contributed by atoms with Gasteiger partial charge in [-0.25, -0.2) is 8.42 Å². The molecule has 0 bridgehead atoms. The standard InChI is InChI=1S/C27H24ClN5O3S2/c1-14-15(2)37-27-24(14)25(17-4-7-20(28)8-5-17)30-22(26-32-31-16(3)33(26)27)11-23(34)29-21-9-6-18-12-38(35,36)13-19(18)10-21/h4-10,22H,11-13H2,1-3H3,(H,29,34)/t22-/m0/s1. The van der Waals surface area contributed by atoms with Crippen LogP contribution in [0, 0.1) is 20.8 Å². The Bertz CT molecular complexity index is 1750. The fourth-order valence-corrected chi connectivity index (χ4v) is 7.96. The van der Waals surface area contributed by atoms with Crippen molar-refractivity contribution < 1.29 is 13.2 Å². The lowest BCUT2D eigenvalue weighted by Gasteiger charge is -2.13. The molecule has 0 saturated carbocycles. The highest BCUT2D eigenvalue weighted by Crippen LogP contribution is 2.39. The molecule has 0 saturated heterocycles. The summed E-state index contributed by atoms with van der Waals surface area (Å²) in [5, 5.41) is 13.3. The predicted octanol–water partition coefficient (Wildman–Crippen LogP) is 5.26. The molecule has 1 N–H and O–H groups in total. The molecule has 2 aromatic carbocycles. The predicted molar refractivity (Wildman–Crippen MR) is 149 cm³/mol. The van der Waals surface area contributed by atoms with E-state index in [1.54, 1.807) is 29.5 Å². The normalized spacial score (nSPS) is 17.3. The lowest BCUT2D eigenvalue weighted by Crippen LogP contribution is -2.17. The van der Waals surface area contributed by atoms with Crippen LogP contribution < -0.4 is 5.32 Å². The van der Waals surface area contributed by atoms with Crippen molar-refractivity contribution >= 4 is 50.1 Å². The Morgan fingerprint density at radius 3 is 2.58 bits per heavy atom. The van der Waals surface area contributed by atoms with Crippen molar-refractivity contribution in [2.24, 2.45) is 4.99 Å². The van der Waals surface area contributed by atoms with Crippen molar-refractivity contribution in [2.75, 3.05) is 5.32 Å². The second kappa shape index (κ2) is 9.14. The zero-order valence-electron chi connectivity index (χ0n) is 20.9. The molecule has 0 fully saturated rings. The third-order valence-corrected chi connectivity index (χ3v) is 9.92. The van der Waals surface area contributed by atoms with E-state index in [4.69, 9.17) is 16.6 Å². The van der Waals surface area contributed by atoms with Crippen molar-refractivity contribution in [3.8, 4) is 5.00 Å². The number of carbonyl (C=O) groups excluding carboxylic acids is 1. The van der Waals surface area contributed by atoms with E-state index in [0.717, 1.165) is 44.4 Å². The number of amides is 1. The van der Waals surface area contributed by atoms with Gasteiger partial charge in [0.2, 0.25) is 5.91 Å². The van der Waals surface area contributed by atoms with Crippen LogP contribution in [0.2, 0.25) is 5.02 Å². The van der Waals surface area contributed by atoms with Crippen LogP contribution >= 0.6 is 22.9 Å². The van der Waals surface area contributed by atoms with E-state index in [1.165, 1.54) is 4.88 Å². The maximum Gasteiger partial charge on any atom is 0.227 e. The van der Waals surface area contributed by atoms with Gasteiger partial charge in [-0.2, -0.15) is 0 Å². The first kappa shape index (κ1) is 25.0. The number of aliphatic imine (C=N–C) groups is 1. The summed E-state index contributed by atoms with van der Waals surface area (Å²) in [6.45, 7) is 6.06. The molecule has 0 unspecified atom stereocenters. The topological polar surface area (TPSA) is 106 Å². The first-order chi connectivity index (χ1) is 18.1. The van der Waals surface area contributed by atoms with Gasteiger partial charge >= 0.3 is 0 Å². The fourth-order valence-electron chi connectivity index (χ4n) is 5.02. The summed E-state index contributed by atoms with van der Waals surface area (Å²) in [4.78, 5) is 19.6. The third kappa shape index (κ3) is 4.36. The number of nitrogens with zero attached hydrogens (tertiary/aromatic N) is 4. The average molecular weight is 566 g/mol. The van der Waals surface area contributed by atoms with E-state index in [1.807, 2.05) is 35.8 Å². The van der Waals surface area contributed by atoms with Gasteiger partial charge in [0.1, 0.15) is 16.9 Å². The van der Waals surface area contributed by atoms with Crippen LogP contribution in [-0.2, 0) is 26.1 Å². The molecule has 11 heteroatoms. The van der Waals surface area contributed by atoms with Crippen LogP contribution in [0.1, 0.15) is 56.8 Å². The van der Waals surface area contributed by atoms with Gasteiger partial charge in [0.05, 0.1) is 23.6 Å². The minimum Gasteiger partial charge on any atom is -0.326 e. The Hall–Kier alpha value is -3.34. The number of hydrogen-bond donors (Lipinski definition) is 1. The van der Waals surface area contributed by atoms with Crippen LogP contribution in [0.5, 0.6) is 0 Å². The lowest BCUT2D eigenvalue weighted by molar-refractivity contribution is -0.116. The molecule has 0 radical (unpaired) electrons. The zero-order valence-corrected chi connectivity index (χ0v) is 23.3. The van der Waals surface area contributed by atoms with Gasteiger partial charge in [0, 0.05) is 26.7 Å². The maximum atomic E-state index is 13.3. The van der Waals surface area contributed by atoms with Gasteiger partial charge in [-0.15, -0.1) is 21.5 Å². The molecule has 6 rings (SSSR count). The number of aromatic nitrogens is 3. The number of thiophene rings is 1. The van der Waals surface area contributed by atoms with E-state index in [9.17, 15) is 13.2 Å². The smallest absolute Gasteiger partial charge is 0.227 e. The van der Waals surface area contributed by atoms with E-state index in [-0.39, 0.29) is 23.8 Å². The Morgan fingerprint density at radius 1 is 1.08 bits per heavy atom. The molecule has 2 aliphatic rings. The number of anilines is 1. The number of aryl methyl sites for hydroxylation is 2. The molecule has 194 valence electrons. The zero-order chi connectivity index (χ0) is 26.8. The van der Waals surface area contributed by atoms with Gasteiger partial charge in [-0.05, 0) is 61.7 Å². The lowest BCUT2D eigenvalue weighted by atomic mass is 9.99. The van der Waals surface area contributed by atoms with Gasteiger partial charge in [-0.3, -0.25) is 14.4 Å². The van der Waals surface area contributed by atoms with Crippen molar-refractivity contribution in [1.82, 2.24) is 14.8 Å². The van der Waals surface area contributed by atoms with Crippen molar-refractivity contribution in [3.05, 3.63) is 91.8 Å². The van der Waals surface area contributed by atoms with Crippen LogP contribution in [0.4, 0.5) is 5.69 Å². The summed E-state index contributed by atoms with van der Waals surface area (Å²) in [5.74, 6) is 1.11. The highest BCUT2D eigenvalue weighted by atomic mass is 35.5. The first-order valence-corrected chi connectivity index (χ1v) is 15.1. The highest BCUT2D eigenvalue weighted by Gasteiger charge is 2.32. The monoisotopic (exact) mass is 565 g/mol. The molecule has 0 spiro atoms. The minimum absolute atomic E-state index is 0.00697. The number of benzene rings is 2. The number of halogens is 1. The van der Waals surface area contributed by atoms with E-state index in [0.29, 0.717) is 16.5 Å². The molecular formula is C27H24ClN5O3S2. The Morgan fingerprint density at radius 2 is 1.82 bits per heavy atom. The van der Waals surface area contributed by atoms with Gasteiger partial charge in [-0.1, -0.05) is 29.8 Å². The quantitative estimate of drug-likeness (QED) is 0.363. The van der Waals surface area contributed by atoms with Crippen LogP contribution in [-0.4, -0.2) is 34.8 Å². The minimum atomic E-state index is -3.13. The molecule has 2 aromatic heterocycles. The highest BCUT2D eigenvalue weighted by molar-refractivity contribution is 7.90. The molecule has 2 aliphatic heterocycles. The largest absolute Gasteiger partial charge is 0.326 e. The Kier molecular flexibility index (Phi) is 6.01. The summed E-state index contributed by atoms with van der Waals surface area (Å²) >= 11 is 7.83. The Balaban J connectivity index is 1.39. The van der Waals surface area contributed by atoms with E-state index >= 15 is 0 Å². The van der Waals surface area contributed by atoms with Crippen molar-refractivity contribution in [3.63, 3.8) is 0 Å². The molecule has 1 amide bonds. The van der Waals surface area contributed by atoms with E-state index < -0.39 is 15.9 Å². The molecule has 1 atom stereocenters. The molecular weight excluding hydrogens is 542 g/mol. The molecule has 4 heterocycles. The summed E-state index contributed by atoms with van der Waals surface area (Å²) in [6, 6.07) is 12.2. The number of nitrogens with one attached hydrogen (secondary N) is 1. The molecule has 0 aliphatic carbocycles. The summed E-state index contributed by atoms with van der Waals surface area (Å²) < 4.78 is 26.0. The van der Waals surface area contributed by atoms with Crippen molar-refractivity contribution in [1.29, 1.82) is 0 Å². The summed E-state index contributed by atoms with van der Waals surface area (Å²) in [6.07, 6.45) is 0.0393. The Labute approximate surface area is 229 Å². The van der Waals surface area contributed by atoms with Crippen LogP contribution in [0.25, 0.3) is 5.00 Å². The van der Waals surface area contributed by atoms with Crippen LogP contribution in [0.3, 0.4) is 0 Å². The molecule has 4 aromatic rings. The second-order valence-corrected chi connectivity index (χ2v) is 13.4. The van der Waals surface area contributed by atoms with Gasteiger partial charge in [0.25, 0.3) is 0 Å². The first-order valence-electron chi connectivity index (χ1n) is 12.1. The molecule has 38 heavy (non-hydrogen) atoms. The van der Waals surface area contributed by atoms with Crippen LogP contribution in [0.15, 0.2) is 47.5 Å². The number of fused-ring (bicyclic) bond motifs is 4. The average Bonchev–Trinajstić information content (AvgIpc) is 3.45. The van der Waals surface area contributed by atoms with Gasteiger partial charge < -0.3 is 5.32 Å². The number of hydrogen-bond acceptors (Lipinski definition) is 7.